The number of rotatable bonds is 1. The Bertz CT molecular complexity index is 233. The molecule has 0 saturated heterocycles. The summed E-state index contributed by atoms with van der Waals surface area (Å²) >= 11 is -1.85. The van der Waals surface area contributed by atoms with Crippen molar-refractivity contribution in [1.82, 2.24) is 0 Å². The molecule has 0 spiro atoms. The molecule has 11 heavy (non-hydrogen) atoms. The van der Waals surface area contributed by atoms with E-state index in [1.165, 1.54) is 3.58 Å². The third-order valence-corrected chi connectivity index (χ3v) is 7.63. The Hall–Kier alpha value is -0.181. The summed E-state index contributed by atoms with van der Waals surface area (Å²) in [6.45, 7) is 0. The Morgan fingerprint density at radius 1 is 1.00 bits per heavy atom. The van der Waals surface area contributed by atoms with Gasteiger partial charge in [-0.05, 0) is 0 Å². The van der Waals surface area contributed by atoms with E-state index in [2.05, 4.69) is 14.8 Å². The van der Waals surface area contributed by atoms with Gasteiger partial charge in [-0.1, -0.05) is 0 Å². The zero-order valence-corrected chi connectivity index (χ0v) is 10.1. The van der Waals surface area contributed by atoms with Crippen molar-refractivity contribution in [2.75, 3.05) is 0 Å². The first-order valence-electron chi connectivity index (χ1n) is 3.79. The van der Waals surface area contributed by atoms with Gasteiger partial charge in [0.15, 0.2) is 0 Å². The van der Waals surface area contributed by atoms with Crippen LogP contribution in [0, 0.1) is 0 Å². The quantitative estimate of drug-likeness (QED) is 0.762. The Balaban J connectivity index is 2.99. The van der Waals surface area contributed by atoms with Crippen molar-refractivity contribution < 1.29 is 5.11 Å². The summed E-state index contributed by atoms with van der Waals surface area (Å²) in [5.74, 6) is 0.365. The van der Waals surface area contributed by atoms with E-state index in [-0.39, 0.29) is 0 Å². The van der Waals surface area contributed by atoms with Gasteiger partial charge in [0.05, 0.1) is 0 Å². The van der Waals surface area contributed by atoms with Gasteiger partial charge in [-0.3, -0.25) is 0 Å². The van der Waals surface area contributed by atoms with Crippen molar-refractivity contribution in [2.45, 2.75) is 14.8 Å². The molecule has 0 aliphatic carbocycles. The van der Waals surface area contributed by atoms with Gasteiger partial charge in [-0.15, -0.1) is 0 Å². The summed E-state index contributed by atoms with van der Waals surface area (Å²) in [4.78, 5) is 7.09. The fraction of sp³-hybridized carbons (Fsp3) is 0.333. The first kappa shape index (κ1) is 8.91. The van der Waals surface area contributed by atoms with Crippen LogP contribution in [0.2, 0.25) is 14.8 Å². The van der Waals surface area contributed by atoms with Crippen LogP contribution in [0.4, 0.5) is 0 Å². The van der Waals surface area contributed by atoms with Gasteiger partial charge in [0.25, 0.3) is 0 Å². The monoisotopic (exact) mass is 258 g/mol. The van der Waals surface area contributed by atoms with Gasteiger partial charge >= 0.3 is 71.9 Å². The maximum absolute atomic E-state index is 9.05. The van der Waals surface area contributed by atoms with Gasteiger partial charge in [0, 0.05) is 0 Å². The summed E-state index contributed by atoms with van der Waals surface area (Å²) < 4.78 is 1.46. The van der Waals surface area contributed by atoms with Crippen LogP contribution in [0.25, 0.3) is 0 Å². The molecular formula is C9H14OSn. The van der Waals surface area contributed by atoms with Crippen LogP contribution in [-0.2, 0) is 0 Å². The van der Waals surface area contributed by atoms with Gasteiger partial charge in [-0.2, -0.15) is 0 Å². The number of phenolic OH excluding ortho intramolecular Hbond substituents is 1. The summed E-state index contributed by atoms with van der Waals surface area (Å²) in [5.41, 5.74) is 0. The van der Waals surface area contributed by atoms with Crippen molar-refractivity contribution in [3.8, 4) is 5.75 Å². The number of phenols is 1. The Kier molecular flexibility index (Phi) is 2.47. The molecule has 0 heterocycles. The summed E-state index contributed by atoms with van der Waals surface area (Å²) in [6, 6.07) is 7.64. The third kappa shape index (κ3) is 2.40. The minimum absolute atomic E-state index is 0.365. The molecule has 0 aromatic heterocycles. The van der Waals surface area contributed by atoms with Gasteiger partial charge in [0.2, 0.25) is 0 Å². The zero-order chi connectivity index (χ0) is 8.48. The second-order valence-electron chi connectivity index (χ2n) is 3.80. The Morgan fingerprint density at radius 2 is 1.45 bits per heavy atom. The van der Waals surface area contributed by atoms with E-state index < -0.39 is 18.4 Å². The molecule has 0 unspecified atom stereocenters. The van der Waals surface area contributed by atoms with E-state index in [9.17, 15) is 0 Å². The molecule has 60 valence electrons. The average molecular weight is 257 g/mol. The van der Waals surface area contributed by atoms with Gasteiger partial charge in [-0.25, -0.2) is 0 Å². The zero-order valence-electron chi connectivity index (χ0n) is 7.26. The Labute approximate surface area is 71.9 Å². The average Bonchev–Trinajstić information content (AvgIpc) is 1.86. The van der Waals surface area contributed by atoms with Gasteiger partial charge in [0.1, 0.15) is 0 Å². The molecule has 1 rings (SSSR count). The molecule has 0 saturated carbocycles. The summed E-state index contributed by atoms with van der Waals surface area (Å²) in [6.07, 6.45) is 0. The first-order chi connectivity index (χ1) is 5.00. The first-order valence-corrected chi connectivity index (χ1v) is 13.8. The van der Waals surface area contributed by atoms with E-state index in [4.69, 9.17) is 5.11 Å². The van der Waals surface area contributed by atoms with E-state index in [1.54, 1.807) is 12.1 Å². The van der Waals surface area contributed by atoms with Crippen LogP contribution >= 0.6 is 0 Å². The van der Waals surface area contributed by atoms with E-state index >= 15 is 0 Å². The number of benzene rings is 1. The maximum atomic E-state index is 9.05. The molecule has 0 atom stereocenters. The van der Waals surface area contributed by atoms with Crippen LogP contribution in [0.1, 0.15) is 0 Å². The predicted molar refractivity (Wildman–Crippen MR) is 51.1 cm³/mol. The predicted octanol–water partition coefficient (Wildman–Crippen LogP) is 1.94. The van der Waals surface area contributed by atoms with Crippen LogP contribution in [-0.4, -0.2) is 23.5 Å². The van der Waals surface area contributed by atoms with E-state index in [0.29, 0.717) is 5.75 Å². The molecular weight excluding hydrogens is 243 g/mol. The fourth-order valence-electron chi connectivity index (χ4n) is 0.961. The minimum atomic E-state index is -1.85. The van der Waals surface area contributed by atoms with Crippen LogP contribution in [0.15, 0.2) is 24.3 Å². The van der Waals surface area contributed by atoms with E-state index in [1.807, 2.05) is 12.1 Å². The SMILES string of the molecule is [CH3][Sn]([CH3])([CH3])[c]1ccc(O)cc1. The molecule has 0 radical (unpaired) electrons. The number of hydrogen-bond donors (Lipinski definition) is 1. The van der Waals surface area contributed by atoms with Crippen LogP contribution in [0.3, 0.4) is 0 Å². The summed E-state index contributed by atoms with van der Waals surface area (Å²) in [5, 5.41) is 9.05. The number of hydrogen-bond acceptors (Lipinski definition) is 1. The fourth-order valence-corrected chi connectivity index (χ4v) is 4.29. The standard InChI is InChI=1S/C6H5O.3CH3.Sn/c7-6-4-2-1-3-5-6;;;;/h2-5,7H;3*1H3;. The van der Waals surface area contributed by atoms with Crippen molar-refractivity contribution >= 4 is 22.0 Å². The Morgan fingerprint density at radius 3 is 1.82 bits per heavy atom. The van der Waals surface area contributed by atoms with Crippen molar-refractivity contribution in [3.05, 3.63) is 24.3 Å². The molecule has 0 aliphatic heterocycles. The van der Waals surface area contributed by atoms with Crippen molar-refractivity contribution in [3.63, 3.8) is 0 Å². The molecule has 2 heteroatoms. The molecule has 0 aliphatic rings. The molecule has 1 nitrogen and oxygen atoms in total. The van der Waals surface area contributed by atoms with Crippen molar-refractivity contribution in [1.29, 1.82) is 0 Å². The molecule has 1 aromatic carbocycles. The second kappa shape index (κ2) is 3.05. The van der Waals surface area contributed by atoms with Crippen LogP contribution < -0.4 is 3.58 Å². The topological polar surface area (TPSA) is 20.2 Å². The molecule has 1 N–H and O–H groups in total. The third-order valence-electron chi connectivity index (χ3n) is 1.73. The summed E-state index contributed by atoms with van der Waals surface area (Å²) in [7, 11) is 0. The number of aromatic hydroxyl groups is 1. The molecule has 1 aromatic rings. The second-order valence-corrected chi connectivity index (χ2v) is 18.3. The molecule has 0 amide bonds. The normalized spacial score (nSPS) is 11.5. The molecule has 0 bridgehead atoms. The van der Waals surface area contributed by atoms with Gasteiger partial charge < -0.3 is 0 Å². The van der Waals surface area contributed by atoms with Crippen molar-refractivity contribution in [2.24, 2.45) is 0 Å². The van der Waals surface area contributed by atoms with Crippen LogP contribution in [0.5, 0.6) is 5.75 Å². The van der Waals surface area contributed by atoms with E-state index in [0.717, 1.165) is 0 Å². The molecule has 0 fully saturated rings.